The molecule has 0 rings (SSSR count). The molecular formula is C9H18N2O4. The Bertz CT molecular complexity index is 228. The summed E-state index contributed by atoms with van der Waals surface area (Å²) < 4.78 is 0. The molecule has 1 amide bonds. The lowest BCUT2D eigenvalue weighted by Gasteiger charge is -2.17. The molecule has 6 nitrogen and oxygen atoms in total. The summed E-state index contributed by atoms with van der Waals surface area (Å²) in [4.78, 5) is 21.8. The van der Waals surface area contributed by atoms with E-state index in [4.69, 9.17) is 15.9 Å². The van der Waals surface area contributed by atoms with Crippen molar-refractivity contribution in [2.75, 3.05) is 0 Å². The number of hydrogen-bond acceptors (Lipinski definition) is 4. The van der Waals surface area contributed by atoms with Crippen LogP contribution in [-0.2, 0) is 9.59 Å². The first-order valence-corrected chi connectivity index (χ1v) is 4.80. The normalized spacial score (nSPS) is 16.5. The first-order valence-electron chi connectivity index (χ1n) is 4.80. The van der Waals surface area contributed by atoms with E-state index in [1.54, 1.807) is 6.92 Å². The van der Waals surface area contributed by atoms with Crippen LogP contribution >= 0.6 is 0 Å². The van der Waals surface area contributed by atoms with Crippen LogP contribution in [0.15, 0.2) is 0 Å². The number of rotatable bonds is 6. The maximum atomic E-state index is 11.2. The lowest BCUT2D eigenvalue weighted by Crippen LogP contribution is -2.47. The summed E-state index contributed by atoms with van der Waals surface area (Å²) in [6.07, 6.45) is -0.478. The van der Waals surface area contributed by atoms with Gasteiger partial charge in [0.15, 0.2) is 6.04 Å². The predicted molar refractivity (Wildman–Crippen MR) is 54.1 cm³/mol. The molecule has 15 heavy (non-hydrogen) atoms. The van der Waals surface area contributed by atoms with Crippen molar-refractivity contribution in [1.29, 1.82) is 0 Å². The number of hydrogen-bond donors (Lipinski definition) is 4. The van der Waals surface area contributed by atoms with Gasteiger partial charge in [-0.3, -0.25) is 4.79 Å². The number of carboxylic acids is 1. The van der Waals surface area contributed by atoms with Crippen molar-refractivity contribution in [2.45, 2.75) is 44.9 Å². The van der Waals surface area contributed by atoms with E-state index in [1.807, 2.05) is 0 Å². The molecule has 0 aromatic rings. The van der Waals surface area contributed by atoms with Crippen molar-refractivity contribution in [3.63, 3.8) is 0 Å². The van der Waals surface area contributed by atoms with E-state index in [0.29, 0.717) is 6.42 Å². The van der Waals surface area contributed by atoms with Crippen molar-refractivity contribution < 1.29 is 19.8 Å². The fourth-order valence-corrected chi connectivity index (χ4v) is 0.993. The molecule has 0 aromatic carbocycles. The molecule has 88 valence electrons. The molecule has 0 heterocycles. The van der Waals surface area contributed by atoms with Gasteiger partial charge in [0, 0.05) is 12.5 Å². The number of nitrogens with one attached hydrogen (secondary N) is 1. The highest BCUT2D eigenvalue weighted by atomic mass is 16.4. The average molecular weight is 218 g/mol. The van der Waals surface area contributed by atoms with Gasteiger partial charge in [0.1, 0.15) is 0 Å². The maximum Gasteiger partial charge on any atom is 0.328 e. The number of nitrogens with two attached hydrogens (primary N) is 1. The summed E-state index contributed by atoms with van der Waals surface area (Å²) in [6.45, 7) is 3.07. The molecule has 0 aliphatic rings. The van der Waals surface area contributed by atoms with Gasteiger partial charge in [0.25, 0.3) is 0 Å². The second-order valence-corrected chi connectivity index (χ2v) is 3.64. The zero-order valence-corrected chi connectivity index (χ0v) is 8.93. The third kappa shape index (κ3) is 6.03. The van der Waals surface area contributed by atoms with Crippen molar-refractivity contribution >= 4 is 11.9 Å². The first-order chi connectivity index (χ1) is 6.84. The minimum atomic E-state index is -1.26. The molecule has 0 bridgehead atoms. The minimum Gasteiger partial charge on any atom is -0.480 e. The topological polar surface area (TPSA) is 113 Å². The Morgan fingerprint density at radius 3 is 2.27 bits per heavy atom. The number of carbonyl (C=O) groups is 2. The van der Waals surface area contributed by atoms with Crippen LogP contribution in [0.4, 0.5) is 0 Å². The summed E-state index contributed by atoms with van der Waals surface area (Å²) >= 11 is 0. The quantitative estimate of drug-likeness (QED) is 0.460. The molecule has 0 aromatic heterocycles. The van der Waals surface area contributed by atoms with Crippen LogP contribution in [0.2, 0.25) is 0 Å². The third-order valence-corrected chi connectivity index (χ3v) is 1.89. The number of amides is 1. The Morgan fingerprint density at radius 2 is 1.93 bits per heavy atom. The van der Waals surface area contributed by atoms with Crippen LogP contribution in [0, 0.1) is 0 Å². The molecule has 0 aliphatic heterocycles. The number of carboxylic acid groups (broad SMARTS) is 1. The third-order valence-electron chi connectivity index (χ3n) is 1.89. The van der Waals surface area contributed by atoms with Crippen LogP contribution in [0.5, 0.6) is 0 Å². The molecule has 0 fully saturated rings. The van der Waals surface area contributed by atoms with Crippen molar-refractivity contribution in [3.8, 4) is 0 Å². The van der Waals surface area contributed by atoms with Crippen LogP contribution in [0.25, 0.3) is 0 Å². The van der Waals surface area contributed by atoms with E-state index in [-0.39, 0.29) is 12.5 Å². The van der Waals surface area contributed by atoms with E-state index in [1.165, 1.54) is 6.92 Å². The van der Waals surface area contributed by atoms with Crippen LogP contribution < -0.4 is 11.1 Å². The highest BCUT2D eigenvalue weighted by molar-refractivity contribution is 5.83. The molecule has 0 saturated heterocycles. The zero-order valence-electron chi connectivity index (χ0n) is 8.93. The van der Waals surface area contributed by atoms with Crippen LogP contribution in [0.1, 0.15) is 26.7 Å². The van der Waals surface area contributed by atoms with Gasteiger partial charge in [-0.25, -0.2) is 4.79 Å². The molecule has 0 saturated carbocycles. The smallest absolute Gasteiger partial charge is 0.328 e. The van der Waals surface area contributed by atoms with Gasteiger partial charge in [-0.15, -0.1) is 0 Å². The van der Waals surface area contributed by atoms with E-state index >= 15 is 0 Å². The van der Waals surface area contributed by atoms with Gasteiger partial charge in [0.05, 0.1) is 6.10 Å². The largest absolute Gasteiger partial charge is 0.480 e. The molecule has 0 aliphatic carbocycles. The Hall–Kier alpha value is -1.14. The van der Waals surface area contributed by atoms with E-state index < -0.39 is 24.0 Å². The standard InChI is InChI=1S/C9H18N2O4/c1-5(10)3-4-7(13)11-8(6(2)12)9(14)15/h5-6,8,12H,3-4,10H2,1-2H3,(H,11,13)(H,14,15). The van der Waals surface area contributed by atoms with Crippen LogP contribution in [-0.4, -0.2) is 40.3 Å². The highest BCUT2D eigenvalue weighted by Gasteiger charge is 2.24. The van der Waals surface area contributed by atoms with E-state index in [2.05, 4.69) is 5.32 Å². The SMILES string of the molecule is CC(N)CCC(=O)NC(C(=O)O)C(C)O. The molecule has 0 spiro atoms. The Kier molecular flexibility index (Phi) is 5.88. The van der Waals surface area contributed by atoms with Crippen molar-refractivity contribution in [1.82, 2.24) is 5.32 Å². The highest BCUT2D eigenvalue weighted by Crippen LogP contribution is 1.97. The molecule has 3 unspecified atom stereocenters. The predicted octanol–water partition coefficient (Wildman–Crippen LogP) is -0.936. The molecule has 3 atom stereocenters. The first kappa shape index (κ1) is 13.9. The number of aliphatic hydroxyl groups excluding tert-OH is 1. The Balaban J connectivity index is 4.07. The second kappa shape index (κ2) is 6.36. The Labute approximate surface area is 88.5 Å². The second-order valence-electron chi connectivity index (χ2n) is 3.64. The van der Waals surface area contributed by atoms with E-state index in [0.717, 1.165) is 0 Å². The summed E-state index contributed by atoms with van der Waals surface area (Å²) in [6, 6.07) is -1.36. The summed E-state index contributed by atoms with van der Waals surface area (Å²) in [5.74, 6) is -1.67. The molecule has 6 heteroatoms. The lowest BCUT2D eigenvalue weighted by molar-refractivity contribution is -0.144. The number of carbonyl (C=O) groups excluding carboxylic acids is 1. The fourth-order valence-electron chi connectivity index (χ4n) is 0.993. The van der Waals surface area contributed by atoms with Crippen molar-refractivity contribution in [2.24, 2.45) is 5.73 Å². The zero-order chi connectivity index (χ0) is 12.0. The molecular weight excluding hydrogens is 200 g/mol. The van der Waals surface area contributed by atoms with Gasteiger partial charge >= 0.3 is 5.97 Å². The summed E-state index contributed by atoms with van der Waals surface area (Å²) in [7, 11) is 0. The summed E-state index contributed by atoms with van der Waals surface area (Å²) in [5, 5.41) is 20.0. The average Bonchev–Trinajstić information content (AvgIpc) is 2.09. The molecule has 5 N–H and O–H groups in total. The summed E-state index contributed by atoms with van der Waals surface area (Å²) in [5.41, 5.74) is 5.45. The lowest BCUT2D eigenvalue weighted by atomic mass is 10.1. The van der Waals surface area contributed by atoms with Crippen molar-refractivity contribution in [3.05, 3.63) is 0 Å². The maximum absolute atomic E-state index is 11.2. The minimum absolute atomic E-state index is 0.106. The molecule has 0 radical (unpaired) electrons. The fraction of sp³-hybridized carbons (Fsp3) is 0.778. The van der Waals surface area contributed by atoms with Gasteiger partial charge in [0.2, 0.25) is 5.91 Å². The van der Waals surface area contributed by atoms with Gasteiger partial charge in [-0.1, -0.05) is 0 Å². The van der Waals surface area contributed by atoms with Gasteiger partial charge in [-0.05, 0) is 20.3 Å². The Morgan fingerprint density at radius 1 is 1.40 bits per heavy atom. The van der Waals surface area contributed by atoms with Gasteiger partial charge < -0.3 is 21.3 Å². The van der Waals surface area contributed by atoms with Crippen LogP contribution in [0.3, 0.4) is 0 Å². The van der Waals surface area contributed by atoms with Gasteiger partial charge in [-0.2, -0.15) is 0 Å². The van der Waals surface area contributed by atoms with E-state index in [9.17, 15) is 9.59 Å². The number of aliphatic hydroxyl groups is 1. The monoisotopic (exact) mass is 218 g/mol. The number of aliphatic carboxylic acids is 1.